The van der Waals surface area contributed by atoms with Crippen molar-refractivity contribution in [3.63, 3.8) is 0 Å². The van der Waals surface area contributed by atoms with Crippen LogP contribution in [-0.2, 0) is 10.4 Å². The number of ether oxygens (including phenoxy) is 1. The van der Waals surface area contributed by atoms with Crippen LogP contribution in [0.15, 0.2) is 42.5 Å². The van der Waals surface area contributed by atoms with Gasteiger partial charge < -0.3 is 30.9 Å². The number of hydrogen-bond acceptors (Lipinski definition) is 5. The van der Waals surface area contributed by atoms with Gasteiger partial charge in [0.2, 0.25) is 5.91 Å². The summed E-state index contributed by atoms with van der Waals surface area (Å²) in [5.74, 6) is 0.776. The first kappa shape index (κ1) is 28.2. The Morgan fingerprint density at radius 2 is 1.97 bits per heavy atom. The van der Waals surface area contributed by atoms with Crippen molar-refractivity contribution < 1.29 is 24.5 Å². The maximum absolute atomic E-state index is 13.4. The highest BCUT2D eigenvalue weighted by Gasteiger charge is 2.44. The Kier molecular flexibility index (Phi) is 9.18. The van der Waals surface area contributed by atoms with Crippen LogP contribution in [0, 0.1) is 18.8 Å². The summed E-state index contributed by atoms with van der Waals surface area (Å²) >= 11 is 6.66. The van der Waals surface area contributed by atoms with Crippen LogP contribution in [0.3, 0.4) is 0 Å². The van der Waals surface area contributed by atoms with Crippen LogP contribution in [0.1, 0.15) is 56.1 Å². The number of benzene rings is 2. The number of carboxylic acid groups (broad SMARTS) is 1. The molecule has 0 radical (unpaired) electrons. The molecule has 206 valence electrons. The van der Waals surface area contributed by atoms with E-state index in [2.05, 4.69) is 5.32 Å². The Morgan fingerprint density at radius 3 is 2.68 bits per heavy atom. The molecule has 4 rings (SSSR count). The Labute approximate surface area is 229 Å². The first-order chi connectivity index (χ1) is 18.2. The van der Waals surface area contributed by atoms with Crippen molar-refractivity contribution in [3.8, 4) is 11.5 Å². The Bertz CT molecular complexity index is 1140. The van der Waals surface area contributed by atoms with Crippen LogP contribution in [0.4, 0.5) is 4.79 Å². The van der Waals surface area contributed by atoms with Crippen LogP contribution in [-0.4, -0.2) is 52.8 Å². The van der Waals surface area contributed by atoms with E-state index in [9.17, 15) is 14.7 Å². The summed E-state index contributed by atoms with van der Waals surface area (Å²) < 4.78 is 6.32. The number of carbonyl (C=O) groups is 2. The maximum Gasteiger partial charge on any atom is 0.404 e. The van der Waals surface area contributed by atoms with Crippen LogP contribution in [0.5, 0.6) is 11.5 Å². The number of carbonyl (C=O) groups excluding carboxylic acids is 1. The number of nitrogens with two attached hydrogens (primary N) is 1. The van der Waals surface area contributed by atoms with Gasteiger partial charge >= 0.3 is 6.09 Å². The van der Waals surface area contributed by atoms with E-state index in [4.69, 9.17) is 27.2 Å². The molecule has 1 saturated carbocycles. The van der Waals surface area contributed by atoms with E-state index < -0.39 is 11.7 Å². The summed E-state index contributed by atoms with van der Waals surface area (Å²) in [4.78, 5) is 26.3. The van der Waals surface area contributed by atoms with Crippen LogP contribution < -0.4 is 15.8 Å². The predicted octanol–water partition coefficient (Wildman–Crippen LogP) is 5.04. The van der Waals surface area contributed by atoms with Gasteiger partial charge in [-0.05, 0) is 69.6 Å². The number of piperidine rings is 1. The average molecular weight is 544 g/mol. The molecule has 9 heteroatoms. The molecule has 1 aliphatic heterocycles. The van der Waals surface area contributed by atoms with Crippen LogP contribution in [0.2, 0.25) is 5.02 Å². The zero-order valence-electron chi connectivity index (χ0n) is 21.9. The van der Waals surface area contributed by atoms with E-state index in [0.29, 0.717) is 54.4 Å². The summed E-state index contributed by atoms with van der Waals surface area (Å²) in [5, 5.41) is 24.3. The van der Waals surface area contributed by atoms with Crippen molar-refractivity contribution in [1.29, 1.82) is 0 Å². The van der Waals surface area contributed by atoms with Crippen molar-refractivity contribution in [2.75, 3.05) is 19.6 Å². The molecule has 2 amide bonds. The molecule has 38 heavy (non-hydrogen) atoms. The van der Waals surface area contributed by atoms with Gasteiger partial charge in [-0.1, -0.05) is 41.9 Å². The number of likely N-dealkylation sites (tertiary alicyclic amines) is 1. The lowest BCUT2D eigenvalue weighted by atomic mass is 9.73. The van der Waals surface area contributed by atoms with Crippen molar-refractivity contribution in [2.24, 2.45) is 17.6 Å². The average Bonchev–Trinajstić information content (AvgIpc) is 3.34. The molecule has 4 atom stereocenters. The lowest BCUT2D eigenvalue weighted by molar-refractivity contribution is -0.141. The second-order valence-electron chi connectivity index (χ2n) is 10.6. The van der Waals surface area contributed by atoms with Crippen molar-refractivity contribution >= 4 is 23.6 Å². The van der Waals surface area contributed by atoms with Gasteiger partial charge in [0.25, 0.3) is 0 Å². The number of aryl methyl sites for hydroxylation is 1. The smallest absolute Gasteiger partial charge is 0.404 e. The van der Waals surface area contributed by atoms with Gasteiger partial charge in [-0.2, -0.15) is 0 Å². The molecular formula is C29H38ClN3O5. The van der Waals surface area contributed by atoms with Crippen molar-refractivity contribution in [3.05, 3.63) is 58.6 Å². The molecule has 1 saturated heterocycles. The Hall–Kier alpha value is -2.81. The molecule has 0 spiro atoms. The summed E-state index contributed by atoms with van der Waals surface area (Å²) in [7, 11) is 0. The monoisotopic (exact) mass is 543 g/mol. The number of amides is 2. The third-order valence-electron chi connectivity index (χ3n) is 7.98. The molecule has 2 aromatic rings. The van der Waals surface area contributed by atoms with Gasteiger partial charge in [0.15, 0.2) is 5.75 Å². The third kappa shape index (κ3) is 6.42. The van der Waals surface area contributed by atoms with E-state index in [1.54, 1.807) is 12.1 Å². The minimum Gasteiger partial charge on any atom is -0.465 e. The molecule has 0 bridgehead atoms. The van der Waals surface area contributed by atoms with Gasteiger partial charge in [0, 0.05) is 43.1 Å². The number of rotatable bonds is 9. The standard InChI is InChI=1S/C29H38ClN3O5/c1-19-7-2-3-11-25(19)38-26-23(9-4-10-24(26)30)29(37,14-6-15-32-28(35)36)21-8-5-16-33(18-21)27(34)20-12-13-22(31)17-20/h2-4,7,9-11,20-22,32,37H,5-6,8,12-18,31H2,1H3,(H,35,36)/t20-,21-,22+,29?/m1/s1. The quantitative estimate of drug-likeness (QED) is 0.328. The fourth-order valence-electron chi connectivity index (χ4n) is 5.91. The molecule has 2 aliphatic rings. The second kappa shape index (κ2) is 12.4. The van der Waals surface area contributed by atoms with Crippen molar-refractivity contribution in [2.45, 2.75) is 63.5 Å². The van der Waals surface area contributed by atoms with Crippen molar-refractivity contribution in [1.82, 2.24) is 10.2 Å². The highest BCUT2D eigenvalue weighted by Crippen LogP contribution is 2.47. The Morgan fingerprint density at radius 1 is 1.18 bits per heavy atom. The maximum atomic E-state index is 13.4. The van der Waals surface area contributed by atoms with E-state index in [1.807, 2.05) is 42.2 Å². The summed E-state index contributed by atoms with van der Waals surface area (Å²) in [5.41, 5.74) is 6.15. The number of halogens is 1. The fraction of sp³-hybridized carbons (Fsp3) is 0.517. The molecule has 2 aromatic carbocycles. The number of nitrogens with one attached hydrogen (secondary N) is 1. The summed E-state index contributed by atoms with van der Waals surface area (Å²) in [6.45, 7) is 3.19. The van der Waals surface area contributed by atoms with Gasteiger partial charge in [0.05, 0.1) is 10.6 Å². The lowest BCUT2D eigenvalue weighted by Gasteiger charge is -2.44. The molecule has 8 nitrogen and oxygen atoms in total. The van der Waals surface area contributed by atoms with E-state index in [-0.39, 0.29) is 36.8 Å². The predicted molar refractivity (Wildman–Crippen MR) is 146 cm³/mol. The van der Waals surface area contributed by atoms with Gasteiger partial charge in [0.1, 0.15) is 5.75 Å². The van der Waals surface area contributed by atoms with E-state index in [0.717, 1.165) is 24.8 Å². The summed E-state index contributed by atoms with van der Waals surface area (Å²) in [6.07, 6.45) is 3.41. The first-order valence-electron chi connectivity index (χ1n) is 13.4. The topological polar surface area (TPSA) is 125 Å². The molecule has 0 aromatic heterocycles. The molecule has 2 fully saturated rings. The van der Waals surface area contributed by atoms with E-state index in [1.165, 1.54) is 0 Å². The SMILES string of the molecule is Cc1ccccc1Oc1c(Cl)cccc1C(O)(CCCNC(=O)O)[C@@H]1CCCN(C(=O)[C@@H]2CC[C@H](N)C2)C1. The molecular weight excluding hydrogens is 506 g/mol. The molecule has 1 heterocycles. The third-order valence-corrected chi connectivity index (χ3v) is 8.28. The highest BCUT2D eigenvalue weighted by molar-refractivity contribution is 6.32. The highest BCUT2D eigenvalue weighted by atomic mass is 35.5. The van der Waals surface area contributed by atoms with Crippen LogP contribution in [0.25, 0.3) is 0 Å². The molecule has 1 unspecified atom stereocenters. The number of nitrogens with zero attached hydrogens (tertiary/aromatic N) is 1. The molecule has 5 N–H and O–H groups in total. The number of para-hydroxylation sites is 2. The lowest BCUT2D eigenvalue weighted by Crippen LogP contribution is -2.49. The largest absolute Gasteiger partial charge is 0.465 e. The Balaban J connectivity index is 1.66. The number of aliphatic hydroxyl groups is 1. The zero-order valence-corrected chi connectivity index (χ0v) is 22.6. The first-order valence-corrected chi connectivity index (χ1v) is 13.8. The van der Waals surface area contributed by atoms with Gasteiger partial charge in [-0.25, -0.2) is 4.79 Å². The molecule has 1 aliphatic carbocycles. The number of hydrogen-bond donors (Lipinski definition) is 4. The zero-order chi connectivity index (χ0) is 27.3. The van der Waals surface area contributed by atoms with Gasteiger partial charge in [-0.15, -0.1) is 0 Å². The second-order valence-corrected chi connectivity index (χ2v) is 11.0. The minimum absolute atomic E-state index is 0.0656. The van der Waals surface area contributed by atoms with Crippen LogP contribution >= 0.6 is 11.6 Å². The summed E-state index contributed by atoms with van der Waals surface area (Å²) in [6, 6.07) is 13.0. The van der Waals surface area contributed by atoms with Gasteiger partial charge in [-0.3, -0.25) is 4.79 Å². The minimum atomic E-state index is -1.39. The van der Waals surface area contributed by atoms with E-state index >= 15 is 0 Å². The normalized spacial score (nSPS) is 23.1. The fourth-order valence-corrected chi connectivity index (χ4v) is 6.13.